The average molecular weight is 1030 g/mol. The molecule has 0 atom stereocenters. The van der Waals surface area contributed by atoms with Crippen LogP contribution >= 0.6 is 0 Å². The van der Waals surface area contributed by atoms with Gasteiger partial charge >= 0.3 is 28.5 Å². The lowest BCUT2D eigenvalue weighted by Crippen LogP contribution is -2.61. The minimum absolute atomic E-state index is 0.544. The average Bonchev–Trinajstić information content (AvgIpc) is 3.71. The number of benzene rings is 16. The Hall–Kier alpha value is -9.30. The summed E-state index contributed by atoms with van der Waals surface area (Å²) in [6.45, 7) is 0. The molecule has 1 heterocycles. The predicted molar refractivity (Wildman–Crippen MR) is 345 cm³/mol. The van der Waals surface area contributed by atoms with Gasteiger partial charge in [0.05, 0.1) is 0 Å². The van der Waals surface area contributed by atoms with E-state index in [9.17, 15) is 10.0 Å². The molecule has 17 rings (SSSR count). The van der Waals surface area contributed by atoms with Gasteiger partial charge in [0.1, 0.15) is 0 Å². The summed E-state index contributed by atoms with van der Waals surface area (Å²) in [7, 11) is -3.63. The van der Waals surface area contributed by atoms with E-state index in [4.69, 9.17) is 13.7 Å². The second-order valence-electron chi connectivity index (χ2n) is 21.5. The largest absolute Gasteiger partial charge is 0.489 e. The first-order chi connectivity index (χ1) is 39.9. The molecule has 5 nitrogen and oxygen atoms in total. The van der Waals surface area contributed by atoms with Crippen LogP contribution in [0, 0.1) is 0 Å². The molecule has 1 fully saturated rings. The molecule has 0 amide bonds. The van der Waals surface area contributed by atoms with Gasteiger partial charge < -0.3 is 23.8 Å². The number of rotatable bonds is 4. The molecule has 1 aliphatic heterocycles. The molecule has 0 bridgehead atoms. The van der Waals surface area contributed by atoms with Crippen molar-refractivity contribution in [1.29, 1.82) is 0 Å². The Labute approximate surface area is 467 Å². The number of hydrogen-bond donors (Lipinski definition) is 2. The highest BCUT2D eigenvalue weighted by molar-refractivity contribution is 6.89. The maximum atomic E-state index is 9.52. The van der Waals surface area contributed by atoms with E-state index in [0.29, 0.717) is 5.46 Å². The molecular weight excluding hydrogens is 988 g/mol. The summed E-state index contributed by atoms with van der Waals surface area (Å²) in [5, 5.41) is 47.0. The predicted octanol–water partition coefficient (Wildman–Crippen LogP) is 14.4. The van der Waals surface area contributed by atoms with Gasteiger partial charge in [0.25, 0.3) is 0 Å². The second-order valence-corrected chi connectivity index (χ2v) is 21.5. The highest BCUT2D eigenvalue weighted by atomic mass is 16.7. The van der Waals surface area contributed by atoms with Crippen LogP contribution in [0.5, 0.6) is 0 Å². The molecule has 0 spiro atoms. The Kier molecular flexibility index (Phi) is 11.3. The van der Waals surface area contributed by atoms with Gasteiger partial charge in [-0.25, -0.2) is 0 Å². The van der Waals surface area contributed by atoms with Gasteiger partial charge in [-0.15, -0.1) is 0 Å². The van der Waals surface area contributed by atoms with Crippen molar-refractivity contribution in [3.8, 4) is 0 Å². The van der Waals surface area contributed by atoms with Gasteiger partial charge in [-0.2, -0.15) is 0 Å². The first kappa shape index (κ1) is 47.7. The smallest absolute Gasteiger partial charge is 0.445 e. The fourth-order valence-electron chi connectivity index (χ4n) is 12.9. The molecule has 0 unspecified atom stereocenters. The zero-order chi connectivity index (χ0) is 53.7. The topological polar surface area (TPSA) is 68.2 Å². The van der Waals surface area contributed by atoms with Crippen LogP contribution in [-0.4, -0.2) is 38.5 Å². The van der Waals surface area contributed by atoms with Gasteiger partial charge in [-0.05, 0) is 200 Å². The molecule has 0 saturated carbocycles. The van der Waals surface area contributed by atoms with Crippen LogP contribution < -0.4 is 21.9 Å². The fraction of sp³-hybridized carbons (Fsp3) is 0. The molecule has 0 aliphatic carbocycles. The minimum Gasteiger partial charge on any atom is -0.445 e. The van der Waals surface area contributed by atoms with E-state index >= 15 is 0 Å². The molecule has 0 radical (unpaired) electrons. The first-order valence-corrected chi connectivity index (χ1v) is 27.6. The molecule has 376 valence electrons. The monoisotopic (exact) mass is 1030 g/mol. The van der Waals surface area contributed by atoms with Crippen molar-refractivity contribution in [3.05, 3.63) is 267 Å². The van der Waals surface area contributed by atoms with E-state index in [1.807, 2.05) is 30.3 Å². The van der Waals surface area contributed by atoms with Crippen LogP contribution in [0.3, 0.4) is 0 Å². The lowest BCUT2D eigenvalue weighted by molar-refractivity contribution is 0.309. The zero-order valence-corrected chi connectivity index (χ0v) is 43.8. The molecule has 9 heteroatoms. The van der Waals surface area contributed by atoms with Crippen LogP contribution in [0.15, 0.2) is 267 Å². The van der Waals surface area contributed by atoms with E-state index in [1.54, 1.807) is 6.07 Å². The maximum Gasteiger partial charge on any atom is 0.489 e. The fourth-order valence-corrected chi connectivity index (χ4v) is 12.9. The van der Waals surface area contributed by atoms with Gasteiger partial charge in [0.2, 0.25) is 0 Å². The third kappa shape index (κ3) is 8.12. The zero-order valence-electron chi connectivity index (χ0n) is 43.8. The summed E-state index contributed by atoms with van der Waals surface area (Å²) < 4.78 is 21.2. The quantitative estimate of drug-likeness (QED) is 0.104. The molecule has 0 aromatic heterocycles. The summed E-state index contributed by atoms with van der Waals surface area (Å²) in [5.74, 6) is 0. The van der Waals surface area contributed by atoms with E-state index in [2.05, 4.69) is 231 Å². The second kappa shape index (κ2) is 19.2. The highest BCUT2D eigenvalue weighted by Gasteiger charge is 2.45. The molecule has 2 N–H and O–H groups in total. The maximum absolute atomic E-state index is 9.52. The van der Waals surface area contributed by atoms with E-state index < -0.39 is 28.5 Å². The van der Waals surface area contributed by atoms with E-state index in [1.165, 1.54) is 80.8 Å². The van der Waals surface area contributed by atoms with E-state index in [0.717, 1.165) is 64.9 Å². The summed E-state index contributed by atoms with van der Waals surface area (Å²) >= 11 is 0. The SMILES string of the molecule is OB(O)c1cccc2cc3c(ccc4ccccc43)cc12.c1cc(B2OB(c3cccc4cc5c(ccc6ccccc65)cc34)OB(c3cccc4cc5c(ccc6ccccc65)cc34)O2)c2cc3ccc4ccccc4c3cc2c1. The lowest BCUT2D eigenvalue weighted by Gasteiger charge is -2.33. The Morgan fingerprint density at radius 1 is 0.210 bits per heavy atom. The number of hydrogen-bond acceptors (Lipinski definition) is 5. The van der Waals surface area contributed by atoms with Crippen molar-refractivity contribution in [2.75, 3.05) is 0 Å². The first-order valence-electron chi connectivity index (χ1n) is 27.6. The highest BCUT2D eigenvalue weighted by Crippen LogP contribution is 2.35. The third-order valence-corrected chi connectivity index (χ3v) is 16.9. The summed E-state index contributed by atoms with van der Waals surface area (Å²) in [4.78, 5) is 0. The number of fused-ring (bicyclic) bond motifs is 16. The molecule has 1 aliphatic rings. The van der Waals surface area contributed by atoms with Crippen molar-refractivity contribution in [1.82, 2.24) is 0 Å². The van der Waals surface area contributed by atoms with Gasteiger partial charge in [0.15, 0.2) is 0 Å². The van der Waals surface area contributed by atoms with Crippen LogP contribution in [0.1, 0.15) is 0 Å². The van der Waals surface area contributed by atoms with Crippen molar-refractivity contribution in [3.63, 3.8) is 0 Å². The third-order valence-electron chi connectivity index (χ3n) is 16.9. The van der Waals surface area contributed by atoms with Crippen molar-refractivity contribution >= 4 is 180 Å². The van der Waals surface area contributed by atoms with E-state index in [-0.39, 0.29) is 0 Å². The summed E-state index contributed by atoms with van der Waals surface area (Å²) in [6, 6.07) is 94.5. The van der Waals surface area contributed by atoms with Gasteiger partial charge in [-0.3, -0.25) is 0 Å². The molecule has 81 heavy (non-hydrogen) atoms. The minimum atomic E-state index is -1.45. The van der Waals surface area contributed by atoms with Crippen molar-refractivity contribution < 1.29 is 23.8 Å². The standard InChI is InChI=1S/C54H33B3O3.C18H13BO2/c1-4-16-43-34(10-1)22-25-40-31-49-37(28-46(40)43)13-7-19-52(49)55-58-56(53-20-8-14-38-29-47-41(32-50(38)53)26-23-35-11-2-5-17-44(35)47)60-57(59-55)54-21-9-15-39-30-48-42(33-51(39)54)27-24-36-12-3-6-18-45(36)48;20-19(21)18-7-3-5-13-10-16-14(11-17(13)18)9-8-12-4-1-2-6-15(12)16/h1-33H;1-11,20-21H. The normalized spacial score (nSPS) is 13.1. The van der Waals surface area contributed by atoms with Crippen LogP contribution in [-0.2, 0) is 13.7 Å². The van der Waals surface area contributed by atoms with Crippen LogP contribution in [0.25, 0.3) is 129 Å². The van der Waals surface area contributed by atoms with Crippen LogP contribution in [0.2, 0.25) is 0 Å². The Morgan fingerprint density at radius 2 is 0.444 bits per heavy atom. The molecule has 16 aromatic carbocycles. The molecule has 1 saturated heterocycles. The van der Waals surface area contributed by atoms with Crippen LogP contribution in [0.4, 0.5) is 0 Å². The van der Waals surface area contributed by atoms with Gasteiger partial charge in [-0.1, -0.05) is 218 Å². The molecular formula is C72H46B4O5. The molecule has 16 aromatic rings. The Balaban J connectivity index is 0.000000216. The van der Waals surface area contributed by atoms with Crippen molar-refractivity contribution in [2.45, 2.75) is 0 Å². The Bertz CT molecular complexity index is 4860. The summed E-state index contributed by atoms with van der Waals surface area (Å²) in [6.07, 6.45) is 0. The summed E-state index contributed by atoms with van der Waals surface area (Å²) in [5.41, 5.74) is 3.45. The Morgan fingerprint density at radius 3 is 0.765 bits per heavy atom. The lowest BCUT2D eigenvalue weighted by atomic mass is 9.60. The van der Waals surface area contributed by atoms with Crippen molar-refractivity contribution in [2.24, 2.45) is 0 Å². The van der Waals surface area contributed by atoms with Gasteiger partial charge in [0, 0.05) is 0 Å².